The second-order valence-electron chi connectivity index (χ2n) is 5.23. The molecule has 20 heavy (non-hydrogen) atoms. The molecule has 1 aliphatic heterocycles. The van der Waals surface area contributed by atoms with E-state index in [1.807, 2.05) is 0 Å². The first-order valence-electron chi connectivity index (χ1n) is 6.31. The average Bonchev–Trinajstić information content (AvgIpc) is 2.92. The fraction of sp³-hybridized carbons (Fsp3) is 0.538. The minimum Gasteiger partial charge on any atom is -0.338 e. The molecule has 1 saturated heterocycles. The van der Waals surface area contributed by atoms with Gasteiger partial charge in [-0.15, -0.1) is 24.8 Å². The number of halogens is 3. The zero-order valence-corrected chi connectivity index (χ0v) is 12.5. The topological polar surface area (TPSA) is 59.2 Å². The first-order valence-corrected chi connectivity index (χ1v) is 6.31. The SMILES string of the molecule is Cl.Cl.NC1CCC2CN(C(=O)c3ccncc3F)CC12. The van der Waals surface area contributed by atoms with Crippen LogP contribution in [0.25, 0.3) is 0 Å². The van der Waals surface area contributed by atoms with Gasteiger partial charge in [0.1, 0.15) is 0 Å². The molecule has 3 atom stereocenters. The maximum atomic E-state index is 13.5. The lowest BCUT2D eigenvalue weighted by Gasteiger charge is -2.18. The van der Waals surface area contributed by atoms with Crippen LogP contribution in [0.4, 0.5) is 4.39 Å². The van der Waals surface area contributed by atoms with E-state index < -0.39 is 5.82 Å². The van der Waals surface area contributed by atoms with Crippen molar-refractivity contribution in [2.75, 3.05) is 13.1 Å². The van der Waals surface area contributed by atoms with Crippen molar-refractivity contribution in [1.82, 2.24) is 9.88 Å². The van der Waals surface area contributed by atoms with Gasteiger partial charge in [-0.25, -0.2) is 4.39 Å². The molecule has 0 radical (unpaired) electrons. The fourth-order valence-electron chi connectivity index (χ4n) is 3.19. The lowest BCUT2D eigenvalue weighted by molar-refractivity contribution is 0.0774. The Balaban J connectivity index is 0.000001000. The third-order valence-electron chi connectivity index (χ3n) is 4.20. The second-order valence-corrected chi connectivity index (χ2v) is 5.23. The normalized spacial score (nSPS) is 27.5. The predicted octanol–water partition coefficient (Wildman–Crippen LogP) is 1.87. The van der Waals surface area contributed by atoms with E-state index in [1.165, 1.54) is 12.3 Å². The van der Waals surface area contributed by atoms with Gasteiger partial charge in [0.2, 0.25) is 0 Å². The summed E-state index contributed by atoms with van der Waals surface area (Å²) in [5.41, 5.74) is 6.14. The number of fused-ring (bicyclic) bond motifs is 1. The molecular weight excluding hydrogens is 304 g/mol. The number of aromatic nitrogens is 1. The quantitative estimate of drug-likeness (QED) is 0.859. The van der Waals surface area contributed by atoms with Gasteiger partial charge in [0.25, 0.3) is 5.91 Å². The Labute approximate surface area is 129 Å². The van der Waals surface area contributed by atoms with Gasteiger partial charge in [-0.3, -0.25) is 9.78 Å². The lowest BCUT2D eigenvalue weighted by Crippen LogP contribution is -2.33. The predicted molar refractivity (Wildman–Crippen MR) is 78.8 cm³/mol. The Kier molecular flexibility index (Phi) is 5.74. The first kappa shape index (κ1) is 17.1. The van der Waals surface area contributed by atoms with Crippen LogP contribution in [0.2, 0.25) is 0 Å². The summed E-state index contributed by atoms with van der Waals surface area (Å²) in [7, 11) is 0. The summed E-state index contributed by atoms with van der Waals surface area (Å²) in [6, 6.07) is 1.63. The molecule has 2 aliphatic rings. The van der Waals surface area contributed by atoms with E-state index >= 15 is 0 Å². The first-order chi connectivity index (χ1) is 8.66. The number of hydrogen-bond donors (Lipinski definition) is 1. The third-order valence-corrected chi connectivity index (χ3v) is 4.20. The van der Waals surface area contributed by atoms with E-state index in [4.69, 9.17) is 5.73 Å². The van der Waals surface area contributed by atoms with Crippen LogP contribution in [0.5, 0.6) is 0 Å². The number of amides is 1. The molecule has 4 nitrogen and oxygen atoms in total. The molecule has 1 saturated carbocycles. The molecule has 3 rings (SSSR count). The van der Waals surface area contributed by atoms with Crippen LogP contribution in [-0.2, 0) is 0 Å². The molecule has 7 heteroatoms. The minimum atomic E-state index is -0.552. The Morgan fingerprint density at radius 3 is 2.75 bits per heavy atom. The molecule has 0 aromatic carbocycles. The molecular formula is C13H18Cl2FN3O. The molecule has 2 heterocycles. The summed E-state index contributed by atoms with van der Waals surface area (Å²) in [6.45, 7) is 1.37. The summed E-state index contributed by atoms with van der Waals surface area (Å²) >= 11 is 0. The average molecular weight is 322 g/mol. The number of likely N-dealkylation sites (tertiary alicyclic amines) is 1. The summed E-state index contributed by atoms with van der Waals surface area (Å²) < 4.78 is 13.5. The van der Waals surface area contributed by atoms with E-state index in [9.17, 15) is 9.18 Å². The highest BCUT2D eigenvalue weighted by Gasteiger charge is 2.42. The van der Waals surface area contributed by atoms with Crippen molar-refractivity contribution in [1.29, 1.82) is 0 Å². The van der Waals surface area contributed by atoms with E-state index in [0.717, 1.165) is 19.0 Å². The summed E-state index contributed by atoms with van der Waals surface area (Å²) in [4.78, 5) is 17.6. The van der Waals surface area contributed by atoms with Crippen molar-refractivity contribution in [3.05, 3.63) is 29.8 Å². The number of nitrogens with two attached hydrogens (primary N) is 1. The van der Waals surface area contributed by atoms with Crippen LogP contribution in [-0.4, -0.2) is 34.9 Å². The molecule has 1 aliphatic carbocycles. The lowest BCUT2D eigenvalue weighted by atomic mass is 9.98. The van der Waals surface area contributed by atoms with Crippen molar-refractivity contribution in [3.63, 3.8) is 0 Å². The number of carbonyl (C=O) groups is 1. The van der Waals surface area contributed by atoms with Gasteiger partial charge < -0.3 is 10.6 Å². The molecule has 1 amide bonds. The van der Waals surface area contributed by atoms with E-state index in [-0.39, 0.29) is 42.3 Å². The van der Waals surface area contributed by atoms with E-state index in [2.05, 4.69) is 4.98 Å². The summed E-state index contributed by atoms with van der Waals surface area (Å²) in [5, 5.41) is 0. The number of hydrogen-bond acceptors (Lipinski definition) is 3. The molecule has 2 N–H and O–H groups in total. The maximum Gasteiger partial charge on any atom is 0.256 e. The van der Waals surface area contributed by atoms with Gasteiger partial charge >= 0.3 is 0 Å². The van der Waals surface area contributed by atoms with Crippen LogP contribution < -0.4 is 5.73 Å². The summed E-state index contributed by atoms with van der Waals surface area (Å²) in [6.07, 6.45) is 4.64. The summed E-state index contributed by atoms with van der Waals surface area (Å²) in [5.74, 6) is 0.0908. The monoisotopic (exact) mass is 321 g/mol. The van der Waals surface area contributed by atoms with Crippen molar-refractivity contribution in [3.8, 4) is 0 Å². The highest BCUT2D eigenvalue weighted by atomic mass is 35.5. The van der Waals surface area contributed by atoms with Gasteiger partial charge in [0.05, 0.1) is 11.8 Å². The van der Waals surface area contributed by atoms with Crippen LogP contribution in [0.1, 0.15) is 23.2 Å². The van der Waals surface area contributed by atoms with Crippen LogP contribution in [0, 0.1) is 17.7 Å². The molecule has 1 aromatic rings. The molecule has 3 unspecified atom stereocenters. The van der Waals surface area contributed by atoms with Crippen molar-refractivity contribution in [2.45, 2.75) is 18.9 Å². The Morgan fingerprint density at radius 2 is 2.10 bits per heavy atom. The smallest absolute Gasteiger partial charge is 0.256 e. The van der Waals surface area contributed by atoms with Gasteiger partial charge in [-0.1, -0.05) is 0 Å². The zero-order valence-electron chi connectivity index (χ0n) is 10.9. The number of nitrogens with zero attached hydrogens (tertiary/aromatic N) is 2. The number of carbonyl (C=O) groups excluding carboxylic acids is 1. The van der Waals surface area contributed by atoms with Crippen molar-refractivity contribution >= 4 is 30.7 Å². The highest BCUT2D eigenvalue weighted by molar-refractivity contribution is 5.94. The molecule has 0 bridgehead atoms. The Hall–Kier alpha value is -0.910. The van der Waals surface area contributed by atoms with E-state index in [0.29, 0.717) is 24.9 Å². The van der Waals surface area contributed by atoms with Crippen molar-refractivity contribution < 1.29 is 9.18 Å². The van der Waals surface area contributed by atoms with Gasteiger partial charge in [-0.05, 0) is 30.7 Å². The number of pyridine rings is 1. The third kappa shape index (κ3) is 2.90. The largest absolute Gasteiger partial charge is 0.338 e. The van der Waals surface area contributed by atoms with Gasteiger partial charge in [0.15, 0.2) is 5.82 Å². The minimum absolute atomic E-state index is 0. The van der Waals surface area contributed by atoms with Crippen LogP contribution in [0.15, 0.2) is 18.5 Å². The van der Waals surface area contributed by atoms with Crippen molar-refractivity contribution in [2.24, 2.45) is 17.6 Å². The van der Waals surface area contributed by atoms with E-state index in [1.54, 1.807) is 4.90 Å². The highest BCUT2D eigenvalue weighted by Crippen LogP contribution is 2.37. The van der Waals surface area contributed by atoms with Crippen LogP contribution >= 0.6 is 24.8 Å². The molecule has 112 valence electrons. The molecule has 1 aromatic heterocycles. The van der Waals surface area contributed by atoms with Crippen LogP contribution in [0.3, 0.4) is 0 Å². The fourth-order valence-corrected chi connectivity index (χ4v) is 3.19. The Morgan fingerprint density at radius 1 is 1.35 bits per heavy atom. The molecule has 2 fully saturated rings. The molecule has 0 spiro atoms. The van der Waals surface area contributed by atoms with Gasteiger partial charge in [-0.2, -0.15) is 0 Å². The van der Waals surface area contributed by atoms with Gasteiger partial charge in [0, 0.05) is 25.3 Å². The zero-order chi connectivity index (χ0) is 12.7. The number of rotatable bonds is 1. The maximum absolute atomic E-state index is 13.5. The Bertz CT molecular complexity index is 488. The standard InChI is InChI=1S/C13H16FN3O.2ClH/c14-11-5-16-4-3-9(11)13(18)17-6-8-1-2-12(15)10(8)7-17;;/h3-5,8,10,12H,1-2,6-7,15H2;2*1H. The second kappa shape index (κ2) is 6.70.